The maximum absolute atomic E-state index is 11.9. The SMILES string of the molecule is COC(=O)c1ccc(C(=O)OC)c(-c2ccc(OC)cc2)c1. The Balaban J connectivity index is 2.57. The van der Waals surface area contributed by atoms with Gasteiger partial charge in [0.05, 0.1) is 32.5 Å². The first-order chi connectivity index (χ1) is 10.6. The van der Waals surface area contributed by atoms with Crippen molar-refractivity contribution in [3.63, 3.8) is 0 Å². The van der Waals surface area contributed by atoms with Crippen molar-refractivity contribution < 1.29 is 23.8 Å². The number of hydrogen-bond donors (Lipinski definition) is 0. The fourth-order valence-electron chi connectivity index (χ4n) is 2.09. The third-order valence-electron chi connectivity index (χ3n) is 3.25. The molecule has 5 heteroatoms. The Hall–Kier alpha value is -2.82. The van der Waals surface area contributed by atoms with Crippen LogP contribution in [0.25, 0.3) is 11.1 Å². The molecule has 2 aromatic rings. The van der Waals surface area contributed by atoms with Gasteiger partial charge in [-0.05, 0) is 41.5 Å². The molecule has 0 saturated carbocycles. The zero-order chi connectivity index (χ0) is 16.1. The molecule has 5 nitrogen and oxygen atoms in total. The van der Waals surface area contributed by atoms with Gasteiger partial charge in [0, 0.05) is 0 Å². The second-order valence-electron chi connectivity index (χ2n) is 4.47. The van der Waals surface area contributed by atoms with Crippen LogP contribution in [0.5, 0.6) is 5.75 Å². The second kappa shape index (κ2) is 6.76. The van der Waals surface area contributed by atoms with Gasteiger partial charge in [-0.15, -0.1) is 0 Å². The zero-order valence-electron chi connectivity index (χ0n) is 12.6. The molecule has 0 atom stereocenters. The maximum Gasteiger partial charge on any atom is 0.338 e. The van der Waals surface area contributed by atoms with Crippen molar-refractivity contribution in [3.8, 4) is 16.9 Å². The molecule has 2 aromatic carbocycles. The van der Waals surface area contributed by atoms with E-state index in [1.54, 1.807) is 31.4 Å². The molecule has 0 spiro atoms. The van der Waals surface area contributed by atoms with Gasteiger partial charge in [0.25, 0.3) is 0 Å². The summed E-state index contributed by atoms with van der Waals surface area (Å²) in [7, 11) is 4.20. The summed E-state index contributed by atoms with van der Waals surface area (Å²) in [5.74, 6) is -0.235. The van der Waals surface area contributed by atoms with Crippen LogP contribution in [-0.2, 0) is 9.47 Å². The lowest BCUT2D eigenvalue weighted by atomic mass is 9.97. The van der Waals surface area contributed by atoms with Gasteiger partial charge < -0.3 is 14.2 Å². The van der Waals surface area contributed by atoms with Crippen LogP contribution in [0, 0.1) is 0 Å². The van der Waals surface area contributed by atoms with Gasteiger partial charge in [-0.3, -0.25) is 0 Å². The Morgan fingerprint density at radius 3 is 2.00 bits per heavy atom. The van der Waals surface area contributed by atoms with Crippen LogP contribution in [0.4, 0.5) is 0 Å². The number of carbonyl (C=O) groups is 2. The average molecular weight is 300 g/mol. The van der Waals surface area contributed by atoms with E-state index in [2.05, 4.69) is 0 Å². The monoisotopic (exact) mass is 300 g/mol. The van der Waals surface area contributed by atoms with Crippen molar-refractivity contribution in [2.75, 3.05) is 21.3 Å². The normalized spacial score (nSPS) is 9.95. The van der Waals surface area contributed by atoms with Crippen molar-refractivity contribution in [2.45, 2.75) is 0 Å². The number of benzene rings is 2. The minimum Gasteiger partial charge on any atom is -0.497 e. The molecule has 0 aliphatic carbocycles. The Morgan fingerprint density at radius 2 is 1.45 bits per heavy atom. The van der Waals surface area contributed by atoms with Crippen molar-refractivity contribution in [1.82, 2.24) is 0 Å². The van der Waals surface area contributed by atoms with Crippen LogP contribution in [0.15, 0.2) is 42.5 Å². The highest BCUT2D eigenvalue weighted by atomic mass is 16.5. The highest BCUT2D eigenvalue weighted by Crippen LogP contribution is 2.28. The number of hydrogen-bond acceptors (Lipinski definition) is 5. The Kier molecular flexibility index (Phi) is 4.78. The quantitative estimate of drug-likeness (QED) is 0.812. The molecule has 0 saturated heterocycles. The van der Waals surface area contributed by atoms with Gasteiger partial charge in [0.15, 0.2) is 0 Å². The molecule has 114 valence electrons. The molecule has 22 heavy (non-hydrogen) atoms. The lowest BCUT2D eigenvalue weighted by Gasteiger charge is -2.10. The Bertz CT molecular complexity index is 689. The minimum absolute atomic E-state index is 0.362. The smallest absolute Gasteiger partial charge is 0.338 e. The van der Waals surface area contributed by atoms with E-state index in [0.717, 1.165) is 5.56 Å². The lowest BCUT2D eigenvalue weighted by molar-refractivity contribution is 0.0587. The molecule has 0 unspecified atom stereocenters. The highest BCUT2D eigenvalue weighted by molar-refractivity contribution is 6.00. The third-order valence-corrected chi connectivity index (χ3v) is 3.25. The zero-order valence-corrected chi connectivity index (χ0v) is 12.6. The molecule has 0 amide bonds. The molecule has 2 rings (SSSR count). The van der Waals surface area contributed by atoms with Gasteiger partial charge >= 0.3 is 11.9 Å². The Labute approximate surface area is 128 Å². The number of esters is 2. The number of carbonyl (C=O) groups excluding carboxylic acids is 2. The molecule has 0 aromatic heterocycles. The van der Waals surface area contributed by atoms with E-state index in [9.17, 15) is 9.59 Å². The number of ether oxygens (including phenoxy) is 3. The molecular weight excluding hydrogens is 284 g/mol. The first-order valence-electron chi connectivity index (χ1n) is 6.55. The molecule has 0 heterocycles. The molecule has 0 bridgehead atoms. The van der Waals surface area contributed by atoms with Crippen molar-refractivity contribution in [3.05, 3.63) is 53.6 Å². The van der Waals surface area contributed by atoms with Crippen molar-refractivity contribution in [2.24, 2.45) is 0 Å². The van der Waals surface area contributed by atoms with Gasteiger partial charge in [-0.1, -0.05) is 12.1 Å². The minimum atomic E-state index is -0.470. The van der Waals surface area contributed by atoms with E-state index < -0.39 is 11.9 Å². The summed E-state index contributed by atoms with van der Waals surface area (Å²) in [6.07, 6.45) is 0. The third kappa shape index (κ3) is 3.09. The van der Waals surface area contributed by atoms with Crippen LogP contribution < -0.4 is 4.74 Å². The highest BCUT2D eigenvalue weighted by Gasteiger charge is 2.16. The predicted octanol–water partition coefficient (Wildman–Crippen LogP) is 2.94. The molecule has 0 aliphatic rings. The predicted molar refractivity (Wildman–Crippen MR) is 81.1 cm³/mol. The number of rotatable bonds is 4. The fraction of sp³-hybridized carbons (Fsp3) is 0.176. The van der Waals surface area contributed by atoms with Crippen LogP contribution in [0.1, 0.15) is 20.7 Å². The molecular formula is C17H16O5. The molecule has 0 radical (unpaired) electrons. The van der Waals surface area contributed by atoms with Crippen molar-refractivity contribution >= 4 is 11.9 Å². The van der Waals surface area contributed by atoms with E-state index in [1.165, 1.54) is 20.3 Å². The van der Waals surface area contributed by atoms with Gasteiger partial charge in [-0.2, -0.15) is 0 Å². The van der Waals surface area contributed by atoms with Gasteiger partial charge in [0.1, 0.15) is 5.75 Å². The van der Waals surface area contributed by atoms with E-state index in [-0.39, 0.29) is 0 Å². The first-order valence-corrected chi connectivity index (χ1v) is 6.55. The van der Waals surface area contributed by atoms with Crippen LogP contribution in [0.2, 0.25) is 0 Å². The largest absolute Gasteiger partial charge is 0.497 e. The topological polar surface area (TPSA) is 61.8 Å². The summed E-state index contributed by atoms with van der Waals surface area (Å²) >= 11 is 0. The van der Waals surface area contributed by atoms with E-state index in [1.807, 2.05) is 12.1 Å². The number of methoxy groups -OCH3 is 3. The van der Waals surface area contributed by atoms with Crippen LogP contribution in [-0.4, -0.2) is 33.3 Å². The fourth-order valence-corrected chi connectivity index (χ4v) is 2.09. The summed E-state index contributed by atoms with van der Waals surface area (Å²) in [5, 5.41) is 0. The maximum atomic E-state index is 11.9. The first kappa shape index (κ1) is 15.6. The summed E-state index contributed by atoms with van der Waals surface area (Å²) in [5.41, 5.74) is 2.10. The summed E-state index contributed by atoms with van der Waals surface area (Å²) in [6, 6.07) is 11.9. The molecule has 0 fully saturated rings. The Morgan fingerprint density at radius 1 is 0.818 bits per heavy atom. The lowest BCUT2D eigenvalue weighted by Crippen LogP contribution is -2.07. The van der Waals surface area contributed by atoms with Gasteiger partial charge in [0.2, 0.25) is 0 Å². The standard InChI is InChI=1S/C17H16O5/c1-20-13-7-4-11(5-8-13)15-10-12(16(18)21-2)6-9-14(15)17(19)22-3/h4-10H,1-3H3. The summed E-state index contributed by atoms with van der Waals surface area (Å²) in [6.45, 7) is 0. The van der Waals surface area contributed by atoms with Crippen LogP contribution >= 0.6 is 0 Å². The summed E-state index contributed by atoms with van der Waals surface area (Å²) in [4.78, 5) is 23.6. The molecule has 0 aliphatic heterocycles. The van der Waals surface area contributed by atoms with Crippen molar-refractivity contribution in [1.29, 1.82) is 0 Å². The second-order valence-corrected chi connectivity index (χ2v) is 4.47. The summed E-state index contributed by atoms with van der Waals surface area (Å²) < 4.78 is 14.6. The van der Waals surface area contributed by atoms with Gasteiger partial charge in [-0.25, -0.2) is 9.59 Å². The van der Waals surface area contributed by atoms with E-state index in [0.29, 0.717) is 22.4 Å². The van der Waals surface area contributed by atoms with E-state index >= 15 is 0 Å². The van der Waals surface area contributed by atoms with E-state index in [4.69, 9.17) is 14.2 Å². The molecule has 0 N–H and O–H groups in total. The average Bonchev–Trinajstić information content (AvgIpc) is 2.59. The van der Waals surface area contributed by atoms with Crippen LogP contribution in [0.3, 0.4) is 0 Å².